The van der Waals surface area contributed by atoms with E-state index in [0.29, 0.717) is 0 Å². The number of esters is 1. The van der Waals surface area contributed by atoms with E-state index in [1.54, 1.807) is 26.8 Å². The molecule has 7 heteroatoms. The summed E-state index contributed by atoms with van der Waals surface area (Å²) in [6, 6.07) is 3.03. The maximum absolute atomic E-state index is 11.9. The lowest BCUT2D eigenvalue weighted by molar-refractivity contribution is -0.149. The molecule has 0 aromatic carbocycles. The monoisotopic (exact) mass is 294 g/mol. The van der Waals surface area contributed by atoms with Crippen LogP contribution in [-0.2, 0) is 9.53 Å². The van der Waals surface area contributed by atoms with Gasteiger partial charge in [-0.1, -0.05) is 0 Å². The highest BCUT2D eigenvalue weighted by atomic mass is 32.1. The van der Waals surface area contributed by atoms with Crippen molar-refractivity contribution in [1.29, 1.82) is 5.26 Å². The maximum Gasteiger partial charge on any atom is 0.351 e. The van der Waals surface area contributed by atoms with Gasteiger partial charge in [0.2, 0.25) is 0 Å². The Morgan fingerprint density at radius 3 is 2.50 bits per heavy atom. The third-order valence-corrected chi connectivity index (χ3v) is 3.07. The van der Waals surface area contributed by atoms with Crippen LogP contribution in [0.3, 0.4) is 0 Å². The molecular weight excluding hydrogens is 280 g/mol. The number of ether oxygens (including phenoxy) is 1. The normalized spacial score (nSPS) is 12.3. The van der Waals surface area contributed by atoms with Crippen molar-refractivity contribution >= 4 is 29.0 Å². The minimum Gasteiger partial charge on any atom is -0.478 e. The molecule has 0 amide bonds. The highest BCUT2D eigenvalue weighted by Crippen LogP contribution is 2.25. The van der Waals surface area contributed by atoms with Crippen LogP contribution in [0.15, 0.2) is 17.0 Å². The summed E-state index contributed by atoms with van der Waals surface area (Å²) < 4.78 is 5.07. The Hall–Kier alpha value is -2.33. The molecule has 3 N–H and O–H groups in total. The molecule has 0 atom stereocenters. The van der Waals surface area contributed by atoms with Crippen LogP contribution >= 0.6 is 11.3 Å². The van der Waals surface area contributed by atoms with Gasteiger partial charge in [0.1, 0.15) is 11.7 Å². The topological polar surface area (TPSA) is 113 Å². The van der Waals surface area contributed by atoms with Gasteiger partial charge in [0.25, 0.3) is 0 Å². The van der Waals surface area contributed by atoms with Crippen LogP contribution in [0, 0.1) is 11.3 Å². The lowest BCUT2D eigenvalue weighted by atomic mass is 10.1. The van der Waals surface area contributed by atoms with Crippen molar-refractivity contribution in [2.24, 2.45) is 5.73 Å². The number of carbonyl (C=O) groups excluding carboxylic acids is 1. The van der Waals surface area contributed by atoms with Gasteiger partial charge in [0, 0.05) is 0 Å². The molecule has 0 aliphatic rings. The number of aromatic carboxylic acids is 1. The number of thiophene rings is 1. The van der Waals surface area contributed by atoms with Gasteiger partial charge in [-0.3, -0.25) is 0 Å². The summed E-state index contributed by atoms with van der Waals surface area (Å²) in [4.78, 5) is 23.1. The summed E-state index contributed by atoms with van der Waals surface area (Å²) in [5, 5.41) is 19.6. The third kappa shape index (κ3) is 3.59. The van der Waals surface area contributed by atoms with Crippen molar-refractivity contribution in [1.82, 2.24) is 0 Å². The molecule has 20 heavy (non-hydrogen) atoms. The third-order valence-electron chi connectivity index (χ3n) is 2.12. The van der Waals surface area contributed by atoms with Gasteiger partial charge in [-0.05, 0) is 32.2 Å². The molecule has 1 aromatic heterocycles. The molecule has 0 saturated heterocycles. The predicted octanol–water partition coefficient (Wildman–Crippen LogP) is 1.98. The first-order valence-electron chi connectivity index (χ1n) is 5.61. The maximum atomic E-state index is 11.9. The number of hydrogen-bond acceptors (Lipinski definition) is 6. The van der Waals surface area contributed by atoms with Gasteiger partial charge in [0.15, 0.2) is 5.57 Å². The summed E-state index contributed by atoms with van der Waals surface area (Å²) in [7, 11) is 0. The van der Waals surface area contributed by atoms with Crippen molar-refractivity contribution in [3.05, 3.63) is 27.5 Å². The van der Waals surface area contributed by atoms with Crippen LogP contribution in [0.1, 0.15) is 36.0 Å². The zero-order valence-corrected chi connectivity index (χ0v) is 12.1. The van der Waals surface area contributed by atoms with Crippen molar-refractivity contribution in [2.75, 3.05) is 0 Å². The smallest absolute Gasteiger partial charge is 0.351 e. The lowest BCUT2D eigenvalue weighted by Crippen LogP contribution is -2.25. The van der Waals surface area contributed by atoms with E-state index in [9.17, 15) is 9.59 Å². The standard InChI is InChI=1S/C13H14N2O4S/c1-13(2,3)19-12(18)8(6-14)9(15)10-7(11(16)17)4-5-20-10/h4-5H,15H2,1-3H3,(H,16,17)/b9-8-. The van der Waals surface area contributed by atoms with Crippen LogP contribution < -0.4 is 5.73 Å². The molecule has 6 nitrogen and oxygen atoms in total. The Morgan fingerprint density at radius 2 is 2.05 bits per heavy atom. The first kappa shape index (κ1) is 15.7. The van der Waals surface area contributed by atoms with Crippen molar-refractivity contribution in [3.8, 4) is 6.07 Å². The fourth-order valence-corrected chi connectivity index (χ4v) is 2.20. The Balaban J connectivity index is 3.27. The molecule has 0 aliphatic carbocycles. The molecule has 0 bridgehead atoms. The Labute approximate surface area is 120 Å². The van der Waals surface area contributed by atoms with Gasteiger partial charge in [-0.25, -0.2) is 9.59 Å². The molecule has 0 spiro atoms. The first-order valence-corrected chi connectivity index (χ1v) is 6.49. The number of hydrogen-bond donors (Lipinski definition) is 2. The van der Waals surface area contributed by atoms with Crippen LogP contribution in [0.4, 0.5) is 0 Å². The van der Waals surface area contributed by atoms with Gasteiger partial charge in [-0.15, -0.1) is 11.3 Å². The van der Waals surface area contributed by atoms with Crippen molar-refractivity contribution in [3.63, 3.8) is 0 Å². The van der Waals surface area contributed by atoms with E-state index in [4.69, 9.17) is 20.8 Å². The second kappa shape index (κ2) is 5.75. The summed E-state index contributed by atoms with van der Waals surface area (Å²) in [6.07, 6.45) is 0. The number of nitriles is 1. The van der Waals surface area contributed by atoms with E-state index in [-0.39, 0.29) is 16.1 Å². The number of rotatable bonds is 3. The Bertz CT molecular complexity index is 617. The van der Waals surface area contributed by atoms with E-state index in [0.717, 1.165) is 11.3 Å². The molecule has 106 valence electrons. The molecule has 0 saturated carbocycles. The van der Waals surface area contributed by atoms with Crippen LogP contribution in [0.25, 0.3) is 5.70 Å². The molecule has 0 fully saturated rings. The van der Waals surface area contributed by atoms with Crippen LogP contribution in [-0.4, -0.2) is 22.6 Å². The summed E-state index contributed by atoms with van der Waals surface area (Å²) in [5.41, 5.74) is 4.35. The number of nitrogens with zero attached hydrogens (tertiary/aromatic N) is 1. The molecule has 1 rings (SSSR count). The minimum absolute atomic E-state index is 0.0520. The first-order chi connectivity index (χ1) is 9.17. The van der Waals surface area contributed by atoms with Crippen LogP contribution in [0.5, 0.6) is 0 Å². The molecule has 0 aliphatic heterocycles. The van der Waals surface area contributed by atoms with E-state index >= 15 is 0 Å². The number of carboxylic acids is 1. The average molecular weight is 294 g/mol. The second-order valence-electron chi connectivity index (χ2n) is 4.87. The zero-order chi connectivity index (χ0) is 15.5. The van der Waals surface area contributed by atoms with E-state index in [1.807, 2.05) is 0 Å². The highest BCUT2D eigenvalue weighted by molar-refractivity contribution is 7.11. The van der Waals surface area contributed by atoms with Crippen molar-refractivity contribution in [2.45, 2.75) is 26.4 Å². The molecule has 1 aromatic rings. The fourth-order valence-electron chi connectivity index (χ4n) is 1.34. The average Bonchev–Trinajstić information content (AvgIpc) is 2.75. The van der Waals surface area contributed by atoms with Crippen molar-refractivity contribution < 1.29 is 19.4 Å². The van der Waals surface area contributed by atoms with Crippen LogP contribution in [0.2, 0.25) is 0 Å². The second-order valence-corrected chi connectivity index (χ2v) is 5.79. The Kier molecular flexibility index (Phi) is 4.53. The number of carboxylic acid groups (broad SMARTS) is 1. The highest BCUT2D eigenvalue weighted by Gasteiger charge is 2.25. The molecule has 0 radical (unpaired) electrons. The molecule has 1 heterocycles. The molecule has 0 unspecified atom stereocenters. The van der Waals surface area contributed by atoms with Gasteiger partial charge in [0.05, 0.1) is 16.1 Å². The fraction of sp³-hybridized carbons (Fsp3) is 0.308. The zero-order valence-electron chi connectivity index (χ0n) is 11.3. The molecular formula is C13H14N2O4S. The summed E-state index contributed by atoms with van der Waals surface area (Å²) in [5.74, 6) is -2.05. The SMILES string of the molecule is CC(C)(C)OC(=O)/C(C#N)=C(\N)c1sccc1C(=O)O. The summed E-state index contributed by atoms with van der Waals surface area (Å²) >= 11 is 1.04. The largest absolute Gasteiger partial charge is 0.478 e. The van der Waals surface area contributed by atoms with E-state index in [1.165, 1.54) is 11.4 Å². The van der Waals surface area contributed by atoms with Gasteiger partial charge in [-0.2, -0.15) is 5.26 Å². The van der Waals surface area contributed by atoms with Gasteiger partial charge < -0.3 is 15.6 Å². The number of nitrogens with two attached hydrogens (primary N) is 1. The minimum atomic E-state index is -1.18. The Morgan fingerprint density at radius 1 is 1.45 bits per heavy atom. The summed E-state index contributed by atoms with van der Waals surface area (Å²) in [6.45, 7) is 4.97. The van der Waals surface area contributed by atoms with Gasteiger partial charge >= 0.3 is 11.9 Å². The predicted molar refractivity (Wildman–Crippen MR) is 73.8 cm³/mol. The lowest BCUT2D eigenvalue weighted by Gasteiger charge is -2.19. The number of carbonyl (C=O) groups is 2. The van der Waals surface area contributed by atoms with E-state index < -0.39 is 23.1 Å². The quantitative estimate of drug-likeness (QED) is 0.500. The van der Waals surface area contributed by atoms with E-state index in [2.05, 4.69) is 0 Å².